The Morgan fingerprint density at radius 1 is 0.778 bits per heavy atom. The van der Waals surface area contributed by atoms with Crippen molar-refractivity contribution in [2.75, 3.05) is 47.4 Å². The van der Waals surface area contributed by atoms with Crippen molar-refractivity contribution < 1.29 is 28.5 Å². The Bertz CT molecular complexity index is 1320. The van der Waals surface area contributed by atoms with Crippen molar-refractivity contribution in [2.24, 2.45) is 0 Å². The number of hydrogen-bond acceptors (Lipinski definition) is 8. The number of hydrogen-bond donors (Lipinski definition) is 2. The summed E-state index contributed by atoms with van der Waals surface area (Å²) in [7, 11) is 7.93. The van der Waals surface area contributed by atoms with Crippen LogP contribution in [0.5, 0.6) is 23.0 Å². The van der Waals surface area contributed by atoms with E-state index < -0.39 is 6.09 Å². The predicted molar refractivity (Wildman–Crippen MR) is 139 cm³/mol. The Kier molecular flexibility index (Phi) is 7.48. The number of anilines is 2. The summed E-state index contributed by atoms with van der Waals surface area (Å²) in [6.45, 7) is 0.301. The standard InChI is InChI=1S/C27H29N3O6/c1-28-27(31)36-11-10-16-6-8-17(9-7-16)29-26-18-12-22(32-2)24(34-4)14-20(18)30-21-15-25(35-5)23(33-3)13-19(21)26/h6-9,12-15H,10-11H2,1-5H3,(H,28,31)(H,29,30). The molecule has 1 amide bonds. The molecule has 0 aliphatic heterocycles. The molecule has 4 aromatic rings. The Labute approximate surface area is 209 Å². The summed E-state index contributed by atoms with van der Waals surface area (Å²) in [5.41, 5.74) is 4.24. The fourth-order valence-electron chi connectivity index (χ4n) is 3.96. The van der Waals surface area contributed by atoms with Crippen LogP contribution >= 0.6 is 0 Å². The molecule has 2 N–H and O–H groups in total. The maximum absolute atomic E-state index is 11.3. The van der Waals surface area contributed by atoms with Gasteiger partial charge in [-0.2, -0.15) is 0 Å². The number of aromatic nitrogens is 1. The fraction of sp³-hybridized carbons (Fsp3) is 0.259. The third-order valence-electron chi connectivity index (χ3n) is 5.83. The van der Waals surface area contributed by atoms with Crippen molar-refractivity contribution in [1.82, 2.24) is 10.3 Å². The lowest BCUT2D eigenvalue weighted by Crippen LogP contribution is -2.20. The number of rotatable bonds is 9. The van der Waals surface area contributed by atoms with Crippen LogP contribution in [0, 0.1) is 0 Å². The molecule has 0 saturated heterocycles. The van der Waals surface area contributed by atoms with Crippen LogP contribution in [0.2, 0.25) is 0 Å². The van der Waals surface area contributed by atoms with Crippen molar-refractivity contribution in [3.8, 4) is 23.0 Å². The van der Waals surface area contributed by atoms with Crippen LogP contribution in [-0.4, -0.2) is 53.2 Å². The monoisotopic (exact) mass is 491 g/mol. The Morgan fingerprint density at radius 3 is 1.75 bits per heavy atom. The second-order valence-electron chi connectivity index (χ2n) is 7.89. The first-order valence-electron chi connectivity index (χ1n) is 11.3. The first kappa shape index (κ1) is 24.7. The highest BCUT2D eigenvalue weighted by atomic mass is 16.5. The molecule has 0 aliphatic rings. The average molecular weight is 492 g/mol. The molecule has 9 nitrogen and oxygen atoms in total. The minimum absolute atomic E-state index is 0.301. The molecule has 0 fully saturated rings. The summed E-state index contributed by atoms with van der Waals surface area (Å²) in [6.07, 6.45) is 0.173. The molecule has 3 aromatic carbocycles. The van der Waals surface area contributed by atoms with E-state index in [1.165, 1.54) is 7.05 Å². The number of carbonyl (C=O) groups is 1. The second kappa shape index (κ2) is 10.9. The lowest BCUT2D eigenvalue weighted by atomic mass is 10.1. The lowest BCUT2D eigenvalue weighted by Gasteiger charge is -2.17. The van der Waals surface area contributed by atoms with E-state index in [4.69, 9.17) is 28.7 Å². The highest BCUT2D eigenvalue weighted by Crippen LogP contribution is 2.42. The zero-order chi connectivity index (χ0) is 25.7. The first-order valence-corrected chi connectivity index (χ1v) is 11.3. The van der Waals surface area contributed by atoms with Crippen molar-refractivity contribution in [2.45, 2.75) is 6.42 Å². The fourth-order valence-corrected chi connectivity index (χ4v) is 3.96. The van der Waals surface area contributed by atoms with Gasteiger partial charge in [0.2, 0.25) is 0 Å². The van der Waals surface area contributed by atoms with Crippen molar-refractivity contribution >= 4 is 39.3 Å². The van der Waals surface area contributed by atoms with Crippen LogP contribution in [0.15, 0.2) is 48.5 Å². The topological polar surface area (TPSA) is 100 Å². The smallest absolute Gasteiger partial charge is 0.406 e. The van der Waals surface area contributed by atoms with Gasteiger partial charge in [-0.15, -0.1) is 0 Å². The van der Waals surface area contributed by atoms with Gasteiger partial charge in [-0.05, 0) is 29.8 Å². The van der Waals surface area contributed by atoms with Crippen molar-refractivity contribution in [3.05, 3.63) is 54.1 Å². The van der Waals surface area contributed by atoms with Crippen LogP contribution in [0.3, 0.4) is 0 Å². The van der Waals surface area contributed by atoms with E-state index >= 15 is 0 Å². The number of fused-ring (bicyclic) bond motifs is 2. The van der Waals surface area contributed by atoms with Gasteiger partial charge in [0.25, 0.3) is 0 Å². The number of ether oxygens (including phenoxy) is 5. The number of methoxy groups -OCH3 is 4. The van der Waals surface area contributed by atoms with Crippen molar-refractivity contribution in [3.63, 3.8) is 0 Å². The van der Waals surface area contributed by atoms with Crippen LogP contribution in [-0.2, 0) is 11.2 Å². The Morgan fingerprint density at radius 2 is 1.28 bits per heavy atom. The summed E-state index contributed by atoms with van der Waals surface area (Å²) >= 11 is 0. The quantitative estimate of drug-likeness (QED) is 0.313. The molecule has 188 valence electrons. The van der Waals surface area contributed by atoms with Crippen molar-refractivity contribution in [1.29, 1.82) is 0 Å². The number of carbonyl (C=O) groups excluding carboxylic acids is 1. The molecule has 0 atom stereocenters. The van der Waals surface area contributed by atoms with Gasteiger partial charge in [0.15, 0.2) is 23.0 Å². The summed E-state index contributed by atoms with van der Waals surface area (Å²) in [5, 5.41) is 7.70. The number of alkyl carbamates (subject to hydrolysis) is 1. The molecule has 0 radical (unpaired) electrons. The van der Waals surface area contributed by atoms with E-state index in [1.54, 1.807) is 28.4 Å². The van der Waals surface area contributed by atoms with Gasteiger partial charge in [0.1, 0.15) is 0 Å². The van der Waals surface area contributed by atoms with E-state index in [0.29, 0.717) is 36.0 Å². The van der Waals surface area contributed by atoms with Gasteiger partial charge in [-0.3, -0.25) is 0 Å². The minimum atomic E-state index is -0.441. The summed E-state index contributed by atoms with van der Waals surface area (Å²) in [4.78, 5) is 16.1. The average Bonchev–Trinajstić information content (AvgIpc) is 2.92. The third-order valence-corrected chi connectivity index (χ3v) is 5.83. The van der Waals surface area contributed by atoms with Gasteiger partial charge in [0, 0.05) is 42.1 Å². The molecule has 0 spiro atoms. The maximum Gasteiger partial charge on any atom is 0.406 e. The largest absolute Gasteiger partial charge is 0.493 e. The molecular formula is C27H29N3O6. The molecule has 1 aromatic heterocycles. The van der Waals surface area contributed by atoms with E-state index in [1.807, 2.05) is 48.5 Å². The van der Waals surface area contributed by atoms with E-state index in [2.05, 4.69) is 10.6 Å². The van der Waals surface area contributed by atoms with Crippen LogP contribution in [0.1, 0.15) is 5.56 Å². The highest BCUT2D eigenvalue weighted by Gasteiger charge is 2.17. The lowest BCUT2D eigenvalue weighted by molar-refractivity contribution is 0.150. The predicted octanol–water partition coefficient (Wildman–Crippen LogP) is 5.06. The van der Waals surface area contributed by atoms with E-state index in [0.717, 1.165) is 38.7 Å². The molecule has 0 aliphatic carbocycles. The van der Waals surface area contributed by atoms with Crippen LogP contribution in [0.25, 0.3) is 21.8 Å². The molecule has 4 rings (SSSR count). The van der Waals surface area contributed by atoms with Gasteiger partial charge >= 0.3 is 6.09 Å². The number of benzene rings is 3. The van der Waals surface area contributed by atoms with Gasteiger partial charge in [-0.1, -0.05) is 12.1 Å². The molecule has 0 saturated carbocycles. The number of nitrogens with one attached hydrogen (secondary N) is 2. The number of nitrogens with zero attached hydrogens (tertiary/aromatic N) is 1. The SMILES string of the molecule is CNC(=O)OCCc1ccc(Nc2c3cc(OC)c(OC)cc3nc3cc(OC)c(OC)cc23)cc1. The molecular weight excluding hydrogens is 462 g/mol. The molecule has 0 unspecified atom stereocenters. The normalized spacial score (nSPS) is 10.7. The minimum Gasteiger partial charge on any atom is -0.493 e. The van der Waals surface area contributed by atoms with E-state index in [-0.39, 0.29) is 0 Å². The maximum atomic E-state index is 11.3. The highest BCUT2D eigenvalue weighted by molar-refractivity contribution is 6.10. The molecule has 9 heteroatoms. The first-order chi connectivity index (χ1) is 17.5. The van der Waals surface area contributed by atoms with Gasteiger partial charge in [0.05, 0.1) is 51.8 Å². The summed E-state index contributed by atoms with van der Waals surface area (Å²) in [6, 6.07) is 15.5. The van der Waals surface area contributed by atoms with E-state index in [9.17, 15) is 4.79 Å². The summed E-state index contributed by atoms with van der Waals surface area (Å²) in [5.74, 6) is 2.38. The Hall–Kier alpha value is -4.40. The zero-order valence-electron chi connectivity index (χ0n) is 20.9. The van der Waals surface area contributed by atoms with Crippen LogP contribution in [0.4, 0.5) is 16.2 Å². The zero-order valence-corrected chi connectivity index (χ0v) is 20.9. The number of pyridine rings is 1. The molecule has 1 heterocycles. The van der Waals surface area contributed by atoms with Gasteiger partial charge < -0.3 is 34.3 Å². The summed E-state index contributed by atoms with van der Waals surface area (Å²) < 4.78 is 27.2. The molecule has 36 heavy (non-hydrogen) atoms. The van der Waals surface area contributed by atoms with Gasteiger partial charge in [-0.25, -0.2) is 9.78 Å². The molecule has 0 bridgehead atoms. The third kappa shape index (κ3) is 5.00. The Balaban J connectivity index is 1.78. The van der Waals surface area contributed by atoms with Crippen LogP contribution < -0.4 is 29.6 Å². The number of amides is 1. The second-order valence-corrected chi connectivity index (χ2v) is 7.89.